The highest BCUT2D eigenvalue weighted by molar-refractivity contribution is 7.16. The van der Waals surface area contributed by atoms with Crippen LogP contribution in [0.3, 0.4) is 0 Å². The number of thiophene rings is 1. The molecule has 0 saturated heterocycles. The second-order valence-corrected chi connectivity index (χ2v) is 8.25. The number of benzene rings is 2. The van der Waals surface area contributed by atoms with Crippen molar-refractivity contribution >= 4 is 27.9 Å². The molecule has 0 unspecified atom stereocenters. The molecular weight excluding hydrogens is 396 g/mol. The molecule has 0 fully saturated rings. The zero-order valence-corrected chi connectivity index (χ0v) is 18.1. The van der Waals surface area contributed by atoms with Gasteiger partial charge in [-0.2, -0.15) is 0 Å². The van der Waals surface area contributed by atoms with Gasteiger partial charge in [-0.1, -0.05) is 24.3 Å². The van der Waals surface area contributed by atoms with E-state index in [0.717, 1.165) is 41.1 Å². The smallest absolute Gasteiger partial charge is 0.259 e. The first-order valence-electron chi connectivity index (χ1n) is 10.2. The maximum atomic E-state index is 13.2. The molecule has 0 bridgehead atoms. The van der Waals surface area contributed by atoms with E-state index in [4.69, 9.17) is 9.47 Å². The first-order chi connectivity index (χ1) is 14.7. The second kappa shape index (κ2) is 9.22. The molecule has 1 amide bonds. The standard InChI is InChI=1S/C24H26N2O3S/c1-3-29-17-13-11-16(12-14-17)15-25-24-22(18-7-6-10-21(18)30-24)23(27)26-19-8-4-5-9-20(19)28-2/h4-5,8-9,11-14,25H,3,6-7,10,15H2,1-2H3,(H,26,27). The molecule has 0 radical (unpaired) electrons. The topological polar surface area (TPSA) is 59.6 Å². The molecule has 0 atom stereocenters. The van der Waals surface area contributed by atoms with Gasteiger partial charge in [0.05, 0.1) is 25.0 Å². The van der Waals surface area contributed by atoms with Gasteiger partial charge < -0.3 is 20.1 Å². The van der Waals surface area contributed by atoms with Gasteiger partial charge in [-0.15, -0.1) is 11.3 Å². The number of nitrogens with one attached hydrogen (secondary N) is 2. The maximum absolute atomic E-state index is 13.2. The fraction of sp³-hybridized carbons (Fsp3) is 0.292. The van der Waals surface area contributed by atoms with Crippen molar-refractivity contribution in [2.24, 2.45) is 0 Å². The van der Waals surface area contributed by atoms with Crippen LogP contribution in [0.4, 0.5) is 10.7 Å². The SMILES string of the molecule is CCOc1ccc(CNc2sc3c(c2C(=O)Nc2ccccc2OC)CCC3)cc1. The summed E-state index contributed by atoms with van der Waals surface area (Å²) in [6, 6.07) is 15.5. The Balaban J connectivity index is 1.54. The first-order valence-corrected chi connectivity index (χ1v) is 11.1. The van der Waals surface area contributed by atoms with E-state index >= 15 is 0 Å². The van der Waals surface area contributed by atoms with Crippen LogP contribution in [-0.4, -0.2) is 19.6 Å². The zero-order chi connectivity index (χ0) is 20.9. The van der Waals surface area contributed by atoms with Crippen LogP contribution in [0.5, 0.6) is 11.5 Å². The predicted octanol–water partition coefficient (Wildman–Crippen LogP) is 5.51. The van der Waals surface area contributed by atoms with Crippen LogP contribution < -0.4 is 20.1 Å². The first kappa shape index (κ1) is 20.3. The lowest BCUT2D eigenvalue weighted by Crippen LogP contribution is -2.15. The number of carbonyl (C=O) groups is 1. The van der Waals surface area contributed by atoms with Gasteiger partial charge in [0.1, 0.15) is 16.5 Å². The molecular formula is C24H26N2O3S. The average Bonchev–Trinajstić information content (AvgIpc) is 3.34. The summed E-state index contributed by atoms with van der Waals surface area (Å²) in [4.78, 5) is 14.5. The fourth-order valence-electron chi connectivity index (χ4n) is 3.75. The predicted molar refractivity (Wildman–Crippen MR) is 122 cm³/mol. The second-order valence-electron chi connectivity index (χ2n) is 7.15. The van der Waals surface area contributed by atoms with Crippen molar-refractivity contribution in [3.63, 3.8) is 0 Å². The molecule has 0 saturated carbocycles. The third-order valence-corrected chi connectivity index (χ3v) is 6.44. The molecule has 2 aromatic carbocycles. The van der Waals surface area contributed by atoms with Gasteiger partial charge in [-0.3, -0.25) is 4.79 Å². The minimum absolute atomic E-state index is 0.0897. The number of methoxy groups -OCH3 is 1. The number of amides is 1. The Kier molecular flexibility index (Phi) is 6.23. The van der Waals surface area contributed by atoms with Crippen molar-refractivity contribution in [2.45, 2.75) is 32.7 Å². The number of hydrogen-bond acceptors (Lipinski definition) is 5. The van der Waals surface area contributed by atoms with Gasteiger partial charge in [-0.05, 0) is 61.6 Å². The Morgan fingerprint density at radius 2 is 1.90 bits per heavy atom. The van der Waals surface area contributed by atoms with Crippen LogP contribution >= 0.6 is 11.3 Å². The normalized spacial score (nSPS) is 12.3. The van der Waals surface area contributed by atoms with Crippen molar-refractivity contribution in [1.29, 1.82) is 0 Å². The summed E-state index contributed by atoms with van der Waals surface area (Å²) in [5, 5.41) is 7.46. The molecule has 3 aromatic rings. The number of carbonyl (C=O) groups excluding carboxylic acids is 1. The molecule has 1 heterocycles. The summed E-state index contributed by atoms with van der Waals surface area (Å²) in [7, 11) is 1.61. The molecule has 156 valence electrons. The summed E-state index contributed by atoms with van der Waals surface area (Å²) >= 11 is 1.70. The van der Waals surface area contributed by atoms with E-state index in [2.05, 4.69) is 10.6 Å². The molecule has 1 aliphatic rings. The monoisotopic (exact) mass is 422 g/mol. The highest BCUT2D eigenvalue weighted by Crippen LogP contribution is 2.40. The molecule has 0 aliphatic heterocycles. The number of rotatable bonds is 8. The highest BCUT2D eigenvalue weighted by Gasteiger charge is 2.27. The minimum atomic E-state index is -0.0897. The molecule has 6 heteroatoms. The highest BCUT2D eigenvalue weighted by atomic mass is 32.1. The van der Waals surface area contributed by atoms with Crippen molar-refractivity contribution in [3.05, 3.63) is 70.1 Å². The fourth-order valence-corrected chi connectivity index (χ4v) is 5.04. The summed E-state index contributed by atoms with van der Waals surface area (Å²) in [6.45, 7) is 3.28. The van der Waals surface area contributed by atoms with Gasteiger partial charge in [0.2, 0.25) is 0 Å². The number of hydrogen-bond donors (Lipinski definition) is 2. The number of ether oxygens (including phenoxy) is 2. The maximum Gasteiger partial charge on any atom is 0.259 e. The molecule has 2 N–H and O–H groups in total. The van der Waals surface area contributed by atoms with Crippen LogP contribution in [0.25, 0.3) is 0 Å². The Morgan fingerprint density at radius 1 is 1.10 bits per heavy atom. The summed E-state index contributed by atoms with van der Waals surface area (Å²) < 4.78 is 10.9. The van der Waals surface area contributed by atoms with Crippen molar-refractivity contribution in [2.75, 3.05) is 24.4 Å². The lowest BCUT2D eigenvalue weighted by Gasteiger charge is -2.12. The third-order valence-electron chi connectivity index (χ3n) is 5.19. The van der Waals surface area contributed by atoms with E-state index < -0.39 is 0 Å². The van der Waals surface area contributed by atoms with Gasteiger partial charge in [0.15, 0.2) is 0 Å². The third kappa shape index (κ3) is 4.28. The average molecular weight is 423 g/mol. The van der Waals surface area contributed by atoms with Crippen LogP contribution in [0.15, 0.2) is 48.5 Å². The lowest BCUT2D eigenvalue weighted by molar-refractivity contribution is 0.102. The molecule has 0 spiro atoms. The van der Waals surface area contributed by atoms with Crippen molar-refractivity contribution < 1.29 is 14.3 Å². The summed E-state index contributed by atoms with van der Waals surface area (Å²) in [6.07, 6.45) is 3.10. The number of fused-ring (bicyclic) bond motifs is 1. The van der Waals surface area contributed by atoms with Crippen LogP contribution in [0.1, 0.15) is 39.7 Å². The minimum Gasteiger partial charge on any atom is -0.495 e. The number of anilines is 2. The Bertz CT molecular complexity index is 1030. The Labute approximate surface area is 181 Å². The molecule has 1 aromatic heterocycles. The van der Waals surface area contributed by atoms with Gasteiger partial charge in [-0.25, -0.2) is 0 Å². The van der Waals surface area contributed by atoms with Crippen molar-refractivity contribution in [3.8, 4) is 11.5 Å². The molecule has 4 rings (SSSR count). The molecule has 30 heavy (non-hydrogen) atoms. The van der Waals surface area contributed by atoms with Crippen LogP contribution in [-0.2, 0) is 19.4 Å². The Hall–Kier alpha value is -2.99. The van der Waals surface area contributed by atoms with Gasteiger partial charge in [0, 0.05) is 11.4 Å². The van der Waals surface area contributed by atoms with E-state index in [1.165, 1.54) is 10.4 Å². The van der Waals surface area contributed by atoms with Gasteiger partial charge >= 0.3 is 0 Å². The van der Waals surface area contributed by atoms with E-state index in [1.54, 1.807) is 18.4 Å². The van der Waals surface area contributed by atoms with E-state index in [0.29, 0.717) is 24.6 Å². The molecule has 5 nitrogen and oxygen atoms in total. The van der Waals surface area contributed by atoms with Gasteiger partial charge in [0.25, 0.3) is 5.91 Å². The Morgan fingerprint density at radius 3 is 2.67 bits per heavy atom. The molecule has 1 aliphatic carbocycles. The lowest BCUT2D eigenvalue weighted by atomic mass is 10.1. The number of para-hydroxylation sites is 2. The van der Waals surface area contributed by atoms with E-state index in [1.807, 2.05) is 55.5 Å². The van der Waals surface area contributed by atoms with E-state index in [-0.39, 0.29) is 5.91 Å². The largest absolute Gasteiger partial charge is 0.495 e. The number of aryl methyl sites for hydroxylation is 1. The summed E-state index contributed by atoms with van der Waals surface area (Å²) in [5.41, 5.74) is 3.77. The van der Waals surface area contributed by atoms with Crippen LogP contribution in [0.2, 0.25) is 0 Å². The van der Waals surface area contributed by atoms with Crippen molar-refractivity contribution in [1.82, 2.24) is 0 Å². The van der Waals surface area contributed by atoms with Crippen LogP contribution in [0, 0.1) is 0 Å². The quantitative estimate of drug-likeness (QED) is 0.503. The summed E-state index contributed by atoms with van der Waals surface area (Å²) in [5.74, 6) is 1.43. The van der Waals surface area contributed by atoms with E-state index in [9.17, 15) is 4.79 Å². The zero-order valence-electron chi connectivity index (χ0n) is 17.3.